The number of nitrogens with zero attached hydrogens (tertiary/aromatic N) is 1. The van der Waals surface area contributed by atoms with Gasteiger partial charge in [0.15, 0.2) is 0 Å². The largest absolute Gasteiger partial charge is 0.508 e. The van der Waals surface area contributed by atoms with Crippen LogP contribution in [0.4, 0.5) is 0 Å². The summed E-state index contributed by atoms with van der Waals surface area (Å²) in [5.41, 5.74) is 3.14. The molecule has 2 bridgehead atoms. The molecule has 23 heavy (non-hydrogen) atoms. The van der Waals surface area contributed by atoms with E-state index in [9.17, 15) is 9.90 Å². The van der Waals surface area contributed by atoms with Gasteiger partial charge in [0.1, 0.15) is 11.5 Å². The second kappa shape index (κ2) is 5.62. The molecule has 0 aromatic heterocycles. The van der Waals surface area contributed by atoms with Crippen molar-refractivity contribution in [2.45, 2.75) is 63.3 Å². The van der Waals surface area contributed by atoms with E-state index in [1.807, 2.05) is 6.07 Å². The number of phenols is 1. The van der Waals surface area contributed by atoms with Crippen LogP contribution in [0.2, 0.25) is 0 Å². The van der Waals surface area contributed by atoms with Crippen molar-refractivity contribution in [1.82, 2.24) is 4.90 Å². The van der Waals surface area contributed by atoms with Crippen LogP contribution < -0.4 is 0 Å². The Hall–Kier alpha value is -1.35. The highest BCUT2D eigenvalue weighted by atomic mass is 16.3. The highest BCUT2D eigenvalue weighted by Crippen LogP contribution is 2.56. The standard InChI is InChI=1S/C20H27NO2/c1-14(22)7-10-21-11-9-20-8-3-2-4-17(20)19(21)12-15-5-6-16(23)13-18(15)20/h5-6,13,17,19,23H,2-4,7-12H2,1H3. The SMILES string of the molecule is CC(=O)CCN1CCC23CCCCC2C1Cc1ccc(O)cc13. The Morgan fingerprint density at radius 3 is 3.04 bits per heavy atom. The Bertz CT molecular complexity index is 626. The predicted molar refractivity (Wildman–Crippen MR) is 90.7 cm³/mol. The molecule has 1 aromatic rings. The number of likely N-dealkylation sites (tertiary alicyclic amines) is 1. The number of fused-ring (bicyclic) bond motifs is 1. The molecular weight excluding hydrogens is 286 g/mol. The van der Waals surface area contributed by atoms with E-state index in [0.717, 1.165) is 19.5 Å². The molecule has 124 valence electrons. The fourth-order valence-electron chi connectivity index (χ4n) is 5.65. The lowest BCUT2D eigenvalue weighted by Gasteiger charge is -2.59. The van der Waals surface area contributed by atoms with Gasteiger partial charge in [-0.25, -0.2) is 0 Å². The summed E-state index contributed by atoms with van der Waals surface area (Å²) in [4.78, 5) is 14.0. The fourth-order valence-corrected chi connectivity index (χ4v) is 5.65. The maximum absolute atomic E-state index is 11.4. The van der Waals surface area contributed by atoms with Crippen molar-refractivity contribution < 1.29 is 9.90 Å². The summed E-state index contributed by atoms with van der Waals surface area (Å²) in [6, 6.07) is 6.61. The van der Waals surface area contributed by atoms with Crippen molar-refractivity contribution >= 4 is 5.78 Å². The van der Waals surface area contributed by atoms with Gasteiger partial charge in [0.2, 0.25) is 0 Å². The zero-order valence-corrected chi connectivity index (χ0v) is 14.1. The van der Waals surface area contributed by atoms with Crippen LogP contribution in [0.3, 0.4) is 0 Å². The summed E-state index contributed by atoms with van der Waals surface area (Å²) < 4.78 is 0. The van der Waals surface area contributed by atoms with Crippen LogP contribution >= 0.6 is 0 Å². The summed E-state index contributed by atoms with van der Waals surface area (Å²) in [6.07, 6.45) is 8.16. The summed E-state index contributed by atoms with van der Waals surface area (Å²) in [6.45, 7) is 3.72. The number of hydrogen-bond acceptors (Lipinski definition) is 3. The van der Waals surface area contributed by atoms with Crippen LogP contribution in [0.5, 0.6) is 5.75 Å². The number of phenolic OH excluding ortho intramolecular Hbond substituents is 1. The lowest BCUT2D eigenvalue weighted by atomic mass is 9.52. The molecule has 3 heteroatoms. The van der Waals surface area contributed by atoms with Crippen LogP contribution in [0.15, 0.2) is 18.2 Å². The minimum atomic E-state index is 0.280. The topological polar surface area (TPSA) is 40.5 Å². The van der Waals surface area contributed by atoms with E-state index in [1.54, 1.807) is 6.92 Å². The Labute approximate surface area is 138 Å². The first-order chi connectivity index (χ1) is 11.1. The van der Waals surface area contributed by atoms with Gasteiger partial charge in [-0.3, -0.25) is 9.69 Å². The number of benzene rings is 1. The molecule has 3 nitrogen and oxygen atoms in total. The number of carbonyl (C=O) groups is 1. The third-order valence-corrected chi connectivity index (χ3v) is 6.69. The highest BCUT2D eigenvalue weighted by Gasteiger charge is 2.53. The van der Waals surface area contributed by atoms with E-state index < -0.39 is 0 Å². The quantitative estimate of drug-likeness (QED) is 0.929. The maximum Gasteiger partial charge on any atom is 0.131 e. The van der Waals surface area contributed by atoms with E-state index in [0.29, 0.717) is 29.9 Å². The maximum atomic E-state index is 11.4. The van der Waals surface area contributed by atoms with Gasteiger partial charge >= 0.3 is 0 Å². The van der Waals surface area contributed by atoms with Crippen molar-refractivity contribution in [1.29, 1.82) is 0 Å². The lowest BCUT2D eigenvalue weighted by Crippen LogP contribution is -2.61. The average molecular weight is 313 g/mol. The van der Waals surface area contributed by atoms with Crippen molar-refractivity contribution in [3.8, 4) is 5.75 Å². The third-order valence-electron chi connectivity index (χ3n) is 6.69. The summed E-state index contributed by atoms with van der Waals surface area (Å²) in [5, 5.41) is 10.0. The number of aromatic hydroxyl groups is 1. The monoisotopic (exact) mass is 313 g/mol. The third kappa shape index (κ3) is 2.40. The molecule has 1 aliphatic heterocycles. The first-order valence-corrected chi connectivity index (χ1v) is 9.16. The first kappa shape index (κ1) is 15.2. The molecular formula is C20H27NO2. The second-order valence-electron chi connectivity index (χ2n) is 7.86. The van der Waals surface area contributed by atoms with Gasteiger partial charge in [0, 0.05) is 24.4 Å². The van der Waals surface area contributed by atoms with E-state index in [1.165, 1.54) is 43.2 Å². The number of hydrogen-bond donors (Lipinski definition) is 1. The van der Waals surface area contributed by atoms with Crippen molar-refractivity contribution in [2.24, 2.45) is 5.92 Å². The van der Waals surface area contributed by atoms with Gasteiger partial charge in [0.25, 0.3) is 0 Å². The zero-order chi connectivity index (χ0) is 16.0. The van der Waals surface area contributed by atoms with Gasteiger partial charge in [0.05, 0.1) is 0 Å². The Kier molecular flexibility index (Phi) is 3.72. The fraction of sp³-hybridized carbons (Fsp3) is 0.650. The predicted octanol–water partition coefficient (Wildman–Crippen LogP) is 3.43. The highest BCUT2D eigenvalue weighted by molar-refractivity contribution is 5.75. The molecule has 0 spiro atoms. The summed E-state index contributed by atoms with van der Waals surface area (Å²) in [5.74, 6) is 1.41. The van der Waals surface area contributed by atoms with E-state index >= 15 is 0 Å². The van der Waals surface area contributed by atoms with Crippen LogP contribution in [-0.2, 0) is 16.6 Å². The zero-order valence-electron chi connectivity index (χ0n) is 14.1. The molecule has 1 aromatic carbocycles. The number of piperidine rings is 1. The average Bonchev–Trinajstić information content (AvgIpc) is 2.54. The van der Waals surface area contributed by atoms with Gasteiger partial charge < -0.3 is 5.11 Å². The first-order valence-electron chi connectivity index (χ1n) is 9.16. The minimum absolute atomic E-state index is 0.280. The van der Waals surface area contributed by atoms with E-state index in [2.05, 4.69) is 17.0 Å². The molecule has 1 saturated carbocycles. The van der Waals surface area contributed by atoms with E-state index in [-0.39, 0.29) is 5.41 Å². The van der Waals surface area contributed by atoms with Gasteiger partial charge in [-0.15, -0.1) is 0 Å². The Morgan fingerprint density at radius 1 is 1.35 bits per heavy atom. The molecule has 4 rings (SSSR count). The molecule has 0 amide bonds. The summed E-state index contributed by atoms with van der Waals surface area (Å²) in [7, 11) is 0. The van der Waals surface area contributed by atoms with Gasteiger partial charge in [-0.1, -0.05) is 18.9 Å². The molecule has 3 atom stereocenters. The van der Waals surface area contributed by atoms with E-state index in [4.69, 9.17) is 0 Å². The molecule has 3 aliphatic rings. The van der Waals surface area contributed by atoms with Gasteiger partial charge in [-0.2, -0.15) is 0 Å². The molecule has 2 fully saturated rings. The molecule has 1 heterocycles. The number of carbonyl (C=O) groups excluding carboxylic acids is 1. The van der Waals surface area contributed by atoms with Crippen molar-refractivity contribution in [3.05, 3.63) is 29.3 Å². The molecule has 2 aliphatic carbocycles. The Morgan fingerprint density at radius 2 is 2.22 bits per heavy atom. The number of rotatable bonds is 3. The Balaban J connectivity index is 1.72. The van der Waals surface area contributed by atoms with Crippen LogP contribution in [0.25, 0.3) is 0 Å². The van der Waals surface area contributed by atoms with Crippen molar-refractivity contribution in [3.63, 3.8) is 0 Å². The van der Waals surface area contributed by atoms with Crippen LogP contribution in [0.1, 0.15) is 56.6 Å². The number of Topliss-reactive ketones (excluding diaryl/α,β-unsaturated/α-hetero) is 1. The molecule has 0 radical (unpaired) electrons. The molecule has 3 unspecified atom stereocenters. The van der Waals surface area contributed by atoms with Gasteiger partial charge in [-0.05, 0) is 68.3 Å². The summed E-state index contributed by atoms with van der Waals surface area (Å²) >= 11 is 0. The van der Waals surface area contributed by atoms with Crippen molar-refractivity contribution in [2.75, 3.05) is 13.1 Å². The molecule has 1 saturated heterocycles. The molecule has 1 N–H and O–H groups in total. The lowest BCUT2D eigenvalue weighted by molar-refractivity contribution is -0.117. The van der Waals surface area contributed by atoms with Crippen LogP contribution in [-0.4, -0.2) is 34.9 Å². The smallest absolute Gasteiger partial charge is 0.131 e. The normalized spacial score (nSPS) is 32.9. The van der Waals surface area contributed by atoms with Crippen LogP contribution in [0, 0.1) is 5.92 Å². The minimum Gasteiger partial charge on any atom is -0.508 e. The number of ketones is 1. The second-order valence-corrected chi connectivity index (χ2v) is 7.86.